The number of methoxy groups -OCH3 is 2. The fourth-order valence-electron chi connectivity index (χ4n) is 12.2. The largest absolute Gasteiger partial charge is 0.481 e. The summed E-state index contributed by atoms with van der Waals surface area (Å²) in [6, 6.07) is 9.46. The zero-order chi connectivity index (χ0) is 49.3. The molecule has 13 nitrogen and oxygen atoms in total. The maximum absolute atomic E-state index is 14.4. The van der Waals surface area contributed by atoms with Crippen LogP contribution in [0, 0.1) is 47.1 Å². The number of benzene rings is 2. The van der Waals surface area contributed by atoms with Crippen molar-refractivity contribution >= 4 is 59.4 Å². The minimum atomic E-state index is -0.715. The number of aryl methyl sites for hydroxylation is 2. The van der Waals surface area contributed by atoms with Crippen LogP contribution >= 0.6 is 35.6 Å². The van der Waals surface area contributed by atoms with Gasteiger partial charge in [0.1, 0.15) is 11.6 Å². The van der Waals surface area contributed by atoms with E-state index in [9.17, 15) is 28.0 Å². The van der Waals surface area contributed by atoms with Gasteiger partial charge in [-0.1, -0.05) is 35.3 Å². The molecule has 2 aromatic heterocycles. The molecule has 18 heteroatoms. The van der Waals surface area contributed by atoms with E-state index in [0.29, 0.717) is 53.8 Å². The first kappa shape index (κ1) is 53.2. The number of amides is 1. The summed E-state index contributed by atoms with van der Waals surface area (Å²) in [7, 11) is 2.90. The Bertz CT molecular complexity index is 2570. The SMILES string of the molecule is COC(=O)C12CCC(CC(=O)N3CCc4c(C)nn(Cc5ccc(Cl)cc5F)c4C3)(CC1)CC2.COC(=O)C12CCC(CC(=O)O)(CC1)CC2.Cc1nn(Cc2ccc(Cl)cc2F)c2c1CCNC2.Cl. The molecule has 2 aliphatic heterocycles. The molecule has 380 valence electrons. The van der Waals surface area contributed by atoms with E-state index in [2.05, 4.69) is 15.5 Å². The van der Waals surface area contributed by atoms with Gasteiger partial charge in [-0.15, -0.1) is 12.4 Å². The normalized spacial score (nSPS) is 24.9. The first-order valence-electron chi connectivity index (χ1n) is 24.3. The third-order valence-corrected chi connectivity index (χ3v) is 17.1. The maximum Gasteiger partial charge on any atom is 0.311 e. The van der Waals surface area contributed by atoms with Gasteiger partial charge in [0.2, 0.25) is 5.91 Å². The third kappa shape index (κ3) is 11.1. The molecule has 70 heavy (non-hydrogen) atoms. The number of carboxylic acid groups (broad SMARTS) is 1. The number of rotatable bonds is 10. The molecule has 0 unspecified atom stereocenters. The Morgan fingerprint density at radius 2 is 1.13 bits per heavy atom. The summed E-state index contributed by atoms with van der Waals surface area (Å²) in [4.78, 5) is 50.2. The van der Waals surface area contributed by atoms with Crippen molar-refractivity contribution < 1.29 is 42.5 Å². The van der Waals surface area contributed by atoms with Crippen molar-refractivity contribution in [1.29, 1.82) is 0 Å². The van der Waals surface area contributed by atoms with Crippen LogP contribution in [0.25, 0.3) is 0 Å². The van der Waals surface area contributed by atoms with Crippen molar-refractivity contribution in [2.75, 3.05) is 27.3 Å². The Kier molecular flexibility index (Phi) is 16.5. The number of carboxylic acids is 1. The van der Waals surface area contributed by atoms with Crippen LogP contribution in [0.2, 0.25) is 10.0 Å². The van der Waals surface area contributed by atoms with Gasteiger partial charge in [0.05, 0.1) is 73.9 Å². The zero-order valence-electron chi connectivity index (χ0n) is 40.6. The summed E-state index contributed by atoms with van der Waals surface area (Å²) in [5.74, 6) is -1.37. The van der Waals surface area contributed by atoms with Crippen LogP contribution in [0.1, 0.15) is 135 Å². The molecule has 0 radical (unpaired) electrons. The monoisotopic (exact) mass is 1030 g/mol. The predicted octanol–water partition coefficient (Wildman–Crippen LogP) is 9.90. The summed E-state index contributed by atoms with van der Waals surface area (Å²) in [6.07, 6.45) is 12.6. The Labute approximate surface area is 424 Å². The van der Waals surface area contributed by atoms with E-state index in [1.807, 2.05) is 28.1 Å². The molecule has 2 N–H and O–H groups in total. The number of carbonyl (C=O) groups is 4. The van der Waals surface area contributed by atoms with Gasteiger partial charge >= 0.3 is 17.9 Å². The van der Waals surface area contributed by atoms with E-state index in [4.69, 9.17) is 37.8 Å². The van der Waals surface area contributed by atoms with Crippen molar-refractivity contribution in [3.63, 3.8) is 0 Å². The summed E-state index contributed by atoms with van der Waals surface area (Å²) in [5.41, 5.74) is 7.06. The van der Waals surface area contributed by atoms with Gasteiger partial charge in [0, 0.05) is 40.7 Å². The lowest BCUT2D eigenvalue weighted by Gasteiger charge is -2.52. The number of aliphatic carboxylic acids is 1. The second kappa shape index (κ2) is 21.6. The lowest BCUT2D eigenvalue weighted by Crippen LogP contribution is -2.48. The van der Waals surface area contributed by atoms with Crippen LogP contribution in [0.4, 0.5) is 8.78 Å². The molecular formula is C52H65Cl3F2N6O7. The van der Waals surface area contributed by atoms with Crippen molar-refractivity contribution in [1.82, 2.24) is 29.8 Å². The van der Waals surface area contributed by atoms with Gasteiger partial charge in [0.25, 0.3) is 0 Å². The van der Waals surface area contributed by atoms with E-state index < -0.39 is 5.97 Å². The molecule has 8 aliphatic rings. The molecule has 6 fully saturated rings. The highest BCUT2D eigenvalue weighted by molar-refractivity contribution is 6.30. The summed E-state index contributed by atoms with van der Waals surface area (Å²) in [5, 5.41) is 22.2. The Morgan fingerprint density at radius 1 is 0.686 bits per heavy atom. The van der Waals surface area contributed by atoms with E-state index in [-0.39, 0.29) is 70.0 Å². The highest BCUT2D eigenvalue weighted by atomic mass is 35.5. The fraction of sp³-hybridized carbons (Fsp3) is 0.577. The average molecular weight is 1030 g/mol. The van der Waals surface area contributed by atoms with Crippen LogP contribution in [0.3, 0.4) is 0 Å². The number of halogens is 5. The van der Waals surface area contributed by atoms with Crippen LogP contribution in [0.5, 0.6) is 0 Å². The zero-order valence-corrected chi connectivity index (χ0v) is 42.9. The lowest BCUT2D eigenvalue weighted by atomic mass is 9.52. The number of nitrogens with one attached hydrogen (secondary N) is 1. The van der Waals surface area contributed by atoms with Gasteiger partial charge in [-0.05, 0) is 157 Å². The van der Waals surface area contributed by atoms with Crippen LogP contribution < -0.4 is 5.32 Å². The molecule has 4 bridgehead atoms. The van der Waals surface area contributed by atoms with Crippen molar-refractivity contribution in [2.24, 2.45) is 21.7 Å². The van der Waals surface area contributed by atoms with E-state index in [0.717, 1.165) is 131 Å². The number of esters is 2. The second-order valence-electron chi connectivity index (χ2n) is 20.6. The first-order chi connectivity index (χ1) is 32.9. The summed E-state index contributed by atoms with van der Waals surface area (Å²) in [6.45, 7) is 7.69. The minimum absolute atomic E-state index is 0. The molecule has 0 atom stereocenters. The minimum Gasteiger partial charge on any atom is -0.481 e. The van der Waals surface area contributed by atoms with E-state index in [1.54, 1.807) is 24.3 Å². The predicted molar refractivity (Wildman–Crippen MR) is 263 cm³/mol. The second-order valence-corrected chi connectivity index (χ2v) is 21.5. The van der Waals surface area contributed by atoms with E-state index in [1.165, 1.54) is 31.9 Å². The topological polar surface area (TPSA) is 158 Å². The Balaban J connectivity index is 0.000000169. The van der Waals surface area contributed by atoms with Gasteiger partial charge in [-0.25, -0.2) is 8.78 Å². The number of aromatic nitrogens is 4. The third-order valence-electron chi connectivity index (χ3n) is 16.7. The van der Waals surface area contributed by atoms with Gasteiger partial charge in [-0.2, -0.15) is 10.2 Å². The van der Waals surface area contributed by atoms with Gasteiger partial charge < -0.3 is 24.8 Å². The molecule has 0 saturated heterocycles. The van der Waals surface area contributed by atoms with Crippen LogP contribution in [-0.2, 0) is 67.7 Å². The number of carbonyl (C=O) groups excluding carboxylic acids is 3. The molecule has 6 aliphatic carbocycles. The lowest BCUT2D eigenvalue weighted by molar-refractivity contribution is -0.165. The van der Waals surface area contributed by atoms with Gasteiger partial charge in [0.15, 0.2) is 0 Å². The molecule has 12 rings (SSSR count). The molecule has 4 aromatic rings. The van der Waals surface area contributed by atoms with Crippen LogP contribution in [0.15, 0.2) is 36.4 Å². The molecule has 1 amide bonds. The number of hydrogen-bond donors (Lipinski definition) is 2. The van der Waals surface area contributed by atoms with Crippen LogP contribution in [-0.4, -0.2) is 80.7 Å². The highest BCUT2D eigenvalue weighted by Gasteiger charge is 2.55. The van der Waals surface area contributed by atoms with E-state index >= 15 is 0 Å². The highest BCUT2D eigenvalue weighted by Crippen LogP contribution is 2.60. The van der Waals surface area contributed by atoms with Crippen molar-refractivity contribution in [3.05, 3.63) is 103 Å². The molecular weight excluding hydrogens is 965 g/mol. The summed E-state index contributed by atoms with van der Waals surface area (Å²) >= 11 is 11.7. The van der Waals surface area contributed by atoms with Crippen molar-refractivity contribution in [2.45, 2.75) is 143 Å². The Morgan fingerprint density at radius 3 is 1.57 bits per heavy atom. The smallest absolute Gasteiger partial charge is 0.311 e. The molecule has 2 aromatic carbocycles. The molecule has 4 heterocycles. The number of fused-ring (bicyclic) bond motifs is 8. The standard InChI is InChI=1S/C26H31ClFN3O3.C14H15ClFN3.C12H18O4.ClH/c1-17-20-5-12-30(16-22(20)31(29-17)15-18-3-4-19(27)13-21(18)28)23(32)14-25-6-9-26(10-7-25,11-8-25)24(33)34-2;1-9-12-4-5-17-7-14(12)19(18-9)8-10-2-3-11(15)6-13(10)16;1-16-10(15)12-5-2-11(3-6-12,4-7-12)8-9(13)14;/h3-4,13H,5-12,14-16H2,1-2H3;2-3,6,17H,4-5,7-8H2,1H3;2-8H2,1H3,(H,13,14);1H. The quantitative estimate of drug-likeness (QED) is 0.147. The Hall–Kier alpha value is -4.57. The average Bonchev–Trinajstić information content (AvgIpc) is 3.84. The summed E-state index contributed by atoms with van der Waals surface area (Å²) < 4.78 is 41.9. The molecule has 6 saturated carbocycles. The fourth-order valence-corrected chi connectivity index (χ4v) is 12.6. The number of hydrogen-bond acceptors (Lipinski definition) is 9. The van der Waals surface area contributed by atoms with Crippen molar-refractivity contribution in [3.8, 4) is 0 Å². The molecule has 0 spiro atoms. The number of nitrogens with zero attached hydrogens (tertiary/aromatic N) is 5. The van der Waals surface area contributed by atoms with Gasteiger partial charge in [-0.3, -0.25) is 28.5 Å². The maximum atomic E-state index is 14.4. The number of ether oxygens (including phenoxy) is 2. The first-order valence-corrected chi connectivity index (χ1v) is 25.0.